The van der Waals surface area contributed by atoms with E-state index >= 15 is 0 Å². The van der Waals surface area contributed by atoms with Crippen molar-refractivity contribution in [3.05, 3.63) is 63.8 Å². The molecule has 1 heterocycles. The minimum atomic E-state index is -0.123. The van der Waals surface area contributed by atoms with Gasteiger partial charge in [-0.2, -0.15) is 0 Å². The smallest absolute Gasteiger partial charge is 0.276 e. The van der Waals surface area contributed by atoms with Gasteiger partial charge in [0.2, 0.25) is 0 Å². The van der Waals surface area contributed by atoms with Gasteiger partial charge in [0.05, 0.1) is 7.11 Å². The molecule has 0 bridgehead atoms. The standard InChI is InChI=1S/C21H21BrN2O3S/c1-3-9-24-20(25)17(23-21(24)28)10-15-11-18(26-2)19(12-16(15)22)27-13-14-7-5-4-6-8-14/h4-8,10-12H,3,9,13H2,1-2H3,(H,23,28)/b17-10-. The van der Waals surface area contributed by atoms with Crippen LogP contribution >= 0.6 is 28.1 Å². The van der Waals surface area contributed by atoms with Crippen molar-refractivity contribution in [1.29, 1.82) is 0 Å². The van der Waals surface area contributed by atoms with Crippen LogP contribution in [0, 0.1) is 0 Å². The first kappa shape index (κ1) is 20.4. The number of amides is 1. The van der Waals surface area contributed by atoms with Gasteiger partial charge in [0, 0.05) is 11.0 Å². The summed E-state index contributed by atoms with van der Waals surface area (Å²) in [6.45, 7) is 3.04. The molecule has 2 aromatic rings. The monoisotopic (exact) mass is 460 g/mol. The second-order valence-corrected chi connectivity index (χ2v) is 7.48. The summed E-state index contributed by atoms with van der Waals surface area (Å²) in [7, 11) is 1.59. The highest BCUT2D eigenvalue weighted by molar-refractivity contribution is 9.10. The lowest BCUT2D eigenvalue weighted by Gasteiger charge is -2.13. The van der Waals surface area contributed by atoms with Gasteiger partial charge in [0.25, 0.3) is 5.91 Å². The summed E-state index contributed by atoms with van der Waals surface area (Å²) in [5, 5.41) is 3.42. The lowest BCUT2D eigenvalue weighted by molar-refractivity contribution is -0.122. The molecule has 0 saturated carbocycles. The van der Waals surface area contributed by atoms with Crippen molar-refractivity contribution >= 4 is 45.2 Å². The topological polar surface area (TPSA) is 50.8 Å². The molecule has 1 N–H and O–H groups in total. The van der Waals surface area contributed by atoms with Gasteiger partial charge in [-0.1, -0.05) is 53.2 Å². The van der Waals surface area contributed by atoms with Crippen LogP contribution in [-0.2, 0) is 11.4 Å². The summed E-state index contributed by atoms with van der Waals surface area (Å²) in [5.41, 5.74) is 2.30. The van der Waals surface area contributed by atoms with E-state index in [0.717, 1.165) is 22.0 Å². The zero-order valence-electron chi connectivity index (χ0n) is 15.7. The fraction of sp³-hybridized carbons (Fsp3) is 0.238. The average molecular weight is 461 g/mol. The maximum atomic E-state index is 12.5. The number of ether oxygens (including phenoxy) is 2. The molecule has 5 nitrogen and oxygen atoms in total. The minimum Gasteiger partial charge on any atom is -0.493 e. The summed E-state index contributed by atoms with van der Waals surface area (Å²) in [6.07, 6.45) is 2.60. The summed E-state index contributed by atoms with van der Waals surface area (Å²) < 4.78 is 12.2. The Balaban J connectivity index is 1.83. The molecule has 0 aromatic heterocycles. The van der Waals surface area contributed by atoms with Gasteiger partial charge in [-0.25, -0.2) is 0 Å². The number of thiocarbonyl (C=S) groups is 1. The number of methoxy groups -OCH3 is 1. The highest BCUT2D eigenvalue weighted by Gasteiger charge is 2.30. The van der Waals surface area contributed by atoms with Crippen LogP contribution in [0.3, 0.4) is 0 Å². The number of carbonyl (C=O) groups is 1. The zero-order chi connectivity index (χ0) is 20.1. The van der Waals surface area contributed by atoms with Gasteiger partial charge >= 0.3 is 0 Å². The Hall–Kier alpha value is -2.38. The molecule has 146 valence electrons. The van der Waals surface area contributed by atoms with Crippen molar-refractivity contribution in [1.82, 2.24) is 10.2 Å². The van der Waals surface area contributed by atoms with Crippen LogP contribution in [-0.4, -0.2) is 29.6 Å². The predicted octanol–water partition coefficient (Wildman–Crippen LogP) is 4.50. The number of nitrogens with zero attached hydrogens (tertiary/aromatic N) is 1. The van der Waals surface area contributed by atoms with Gasteiger partial charge < -0.3 is 14.8 Å². The van der Waals surface area contributed by atoms with Gasteiger partial charge in [-0.05, 0) is 48.0 Å². The molecular formula is C21H21BrN2O3S. The van der Waals surface area contributed by atoms with E-state index < -0.39 is 0 Å². The number of benzene rings is 2. The first-order valence-electron chi connectivity index (χ1n) is 8.92. The van der Waals surface area contributed by atoms with E-state index in [1.54, 1.807) is 18.1 Å². The fourth-order valence-corrected chi connectivity index (χ4v) is 3.54. The number of rotatable bonds is 7. The first-order chi connectivity index (χ1) is 13.5. The van der Waals surface area contributed by atoms with Crippen molar-refractivity contribution in [3.63, 3.8) is 0 Å². The predicted molar refractivity (Wildman–Crippen MR) is 117 cm³/mol. The lowest BCUT2D eigenvalue weighted by atomic mass is 10.1. The third-order valence-corrected chi connectivity index (χ3v) is 5.24. The van der Waals surface area contributed by atoms with E-state index in [1.807, 2.05) is 49.4 Å². The molecule has 1 fully saturated rings. The summed E-state index contributed by atoms with van der Waals surface area (Å²) in [4.78, 5) is 14.1. The third kappa shape index (κ3) is 4.54. The molecule has 0 aliphatic carbocycles. The second-order valence-electron chi connectivity index (χ2n) is 6.24. The number of hydrogen-bond acceptors (Lipinski definition) is 4. The second kappa shape index (κ2) is 9.21. The Morgan fingerprint density at radius 3 is 2.64 bits per heavy atom. The molecular weight excluding hydrogens is 440 g/mol. The van der Waals surface area contributed by atoms with Crippen LogP contribution in [0.5, 0.6) is 11.5 Å². The Morgan fingerprint density at radius 1 is 1.21 bits per heavy atom. The van der Waals surface area contributed by atoms with E-state index in [9.17, 15) is 4.79 Å². The Bertz CT molecular complexity index is 915. The normalized spacial score (nSPS) is 15.1. The summed E-state index contributed by atoms with van der Waals surface area (Å²) in [5.74, 6) is 1.08. The zero-order valence-corrected chi connectivity index (χ0v) is 18.1. The number of carbonyl (C=O) groups excluding carboxylic acids is 1. The van der Waals surface area contributed by atoms with E-state index in [1.165, 1.54) is 0 Å². The highest BCUT2D eigenvalue weighted by Crippen LogP contribution is 2.35. The lowest BCUT2D eigenvalue weighted by Crippen LogP contribution is -2.31. The first-order valence-corrected chi connectivity index (χ1v) is 10.1. The molecule has 3 rings (SSSR count). The van der Waals surface area contributed by atoms with Crippen LogP contribution in [0.1, 0.15) is 24.5 Å². The van der Waals surface area contributed by atoms with E-state index in [0.29, 0.717) is 35.5 Å². The van der Waals surface area contributed by atoms with E-state index in [-0.39, 0.29) is 5.91 Å². The molecule has 7 heteroatoms. The van der Waals surface area contributed by atoms with Crippen LogP contribution in [0.4, 0.5) is 0 Å². The maximum Gasteiger partial charge on any atom is 0.276 e. The molecule has 28 heavy (non-hydrogen) atoms. The van der Waals surface area contributed by atoms with Crippen LogP contribution in [0.2, 0.25) is 0 Å². The molecule has 0 radical (unpaired) electrons. The average Bonchev–Trinajstić information content (AvgIpc) is 2.96. The van der Waals surface area contributed by atoms with Gasteiger partial charge in [-0.3, -0.25) is 9.69 Å². The molecule has 1 amide bonds. The van der Waals surface area contributed by atoms with Gasteiger partial charge in [0.15, 0.2) is 16.6 Å². The van der Waals surface area contributed by atoms with Crippen molar-refractivity contribution in [2.45, 2.75) is 20.0 Å². The summed E-state index contributed by atoms with van der Waals surface area (Å²) in [6, 6.07) is 13.6. The van der Waals surface area contributed by atoms with Crippen LogP contribution < -0.4 is 14.8 Å². The van der Waals surface area contributed by atoms with Crippen molar-refractivity contribution < 1.29 is 14.3 Å². The van der Waals surface area contributed by atoms with E-state index in [2.05, 4.69) is 21.2 Å². The number of halogens is 1. The fourth-order valence-electron chi connectivity index (χ4n) is 2.82. The largest absolute Gasteiger partial charge is 0.493 e. The number of hydrogen-bond donors (Lipinski definition) is 1. The number of nitrogens with one attached hydrogen (secondary N) is 1. The molecule has 1 aliphatic heterocycles. The Morgan fingerprint density at radius 2 is 1.96 bits per heavy atom. The molecule has 0 atom stereocenters. The minimum absolute atomic E-state index is 0.123. The highest BCUT2D eigenvalue weighted by atomic mass is 79.9. The van der Waals surface area contributed by atoms with Crippen LogP contribution in [0.15, 0.2) is 52.6 Å². The quantitative estimate of drug-likeness (QED) is 0.486. The SMILES string of the molecule is CCCN1C(=O)/C(=C/c2cc(OC)c(OCc3ccccc3)cc2Br)NC1=S. The van der Waals surface area contributed by atoms with Gasteiger partial charge in [-0.15, -0.1) is 0 Å². The molecule has 0 spiro atoms. The maximum absolute atomic E-state index is 12.5. The molecule has 2 aromatic carbocycles. The van der Waals surface area contributed by atoms with E-state index in [4.69, 9.17) is 21.7 Å². The molecule has 1 saturated heterocycles. The Labute approximate surface area is 178 Å². The third-order valence-electron chi connectivity index (χ3n) is 4.23. The van der Waals surface area contributed by atoms with Crippen molar-refractivity contribution in [2.75, 3.05) is 13.7 Å². The molecule has 1 aliphatic rings. The Kier molecular flexibility index (Phi) is 6.70. The van der Waals surface area contributed by atoms with Crippen molar-refractivity contribution in [2.24, 2.45) is 0 Å². The van der Waals surface area contributed by atoms with Crippen LogP contribution in [0.25, 0.3) is 6.08 Å². The summed E-state index contributed by atoms with van der Waals surface area (Å²) >= 11 is 8.82. The van der Waals surface area contributed by atoms with Gasteiger partial charge in [0.1, 0.15) is 12.3 Å². The van der Waals surface area contributed by atoms with Crippen molar-refractivity contribution in [3.8, 4) is 11.5 Å². The molecule has 0 unspecified atom stereocenters.